The Morgan fingerprint density at radius 3 is 2.72 bits per heavy atom. The van der Waals surface area contributed by atoms with Crippen LogP contribution in [0.4, 0.5) is 11.4 Å². The summed E-state index contributed by atoms with van der Waals surface area (Å²) in [5.41, 5.74) is 1.33. The Morgan fingerprint density at radius 1 is 1.44 bits per heavy atom. The number of nitrogens with zero attached hydrogens (tertiary/aromatic N) is 2. The highest BCUT2D eigenvalue weighted by Gasteiger charge is 2.31. The highest BCUT2D eigenvalue weighted by atomic mass is 35.5. The third-order valence-corrected chi connectivity index (χ3v) is 3.58. The molecule has 6 heteroatoms. The highest BCUT2D eigenvalue weighted by Crippen LogP contribution is 2.38. The second kappa shape index (κ2) is 5.05. The van der Waals surface area contributed by atoms with Crippen LogP contribution in [0.15, 0.2) is 12.1 Å². The molecule has 1 amide bonds. The van der Waals surface area contributed by atoms with Gasteiger partial charge in [0.15, 0.2) is 0 Å². The monoisotopic (exact) mass is 283 g/mol. The lowest BCUT2D eigenvalue weighted by Gasteiger charge is -2.33. The van der Waals surface area contributed by atoms with Gasteiger partial charge in [-0.05, 0) is 18.6 Å². The number of hydrogen-bond donors (Lipinski definition) is 1. The molecular formula is C12H11Cl2N3O. The Morgan fingerprint density at radius 2 is 2.11 bits per heavy atom. The molecule has 1 N–H and O–H groups in total. The number of carbonyl (C=O) groups excluding carboxylic acids is 1. The van der Waals surface area contributed by atoms with Crippen molar-refractivity contribution in [3.8, 4) is 6.07 Å². The Balaban J connectivity index is 2.52. The van der Waals surface area contributed by atoms with E-state index in [9.17, 15) is 4.79 Å². The third kappa shape index (κ3) is 2.12. The fourth-order valence-electron chi connectivity index (χ4n) is 1.94. The molecule has 2 rings (SSSR count). The molecule has 0 radical (unpaired) electrons. The first kappa shape index (κ1) is 13.0. The average Bonchev–Trinajstić information content (AvgIpc) is 2.35. The average molecular weight is 284 g/mol. The van der Waals surface area contributed by atoms with Crippen LogP contribution in [-0.2, 0) is 4.79 Å². The van der Waals surface area contributed by atoms with Crippen molar-refractivity contribution >= 4 is 40.5 Å². The predicted octanol–water partition coefficient (Wildman–Crippen LogP) is 3.05. The molecule has 1 unspecified atom stereocenters. The predicted molar refractivity (Wildman–Crippen MR) is 72.1 cm³/mol. The maximum atomic E-state index is 12.1. The Labute approximate surface area is 115 Å². The number of hydrogen-bond acceptors (Lipinski definition) is 3. The summed E-state index contributed by atoms with van der Waals surface area (Å²) in [5.74, 6) is -0.120. The zero-order chi connectivity index (χ0) is 13.3. The van der Waals surface area contributed by atoms with E-state index < -0.39 is 0 Å². The molecule has 0 aliphatic carbocycles. The number of halogens is 2. The van der Waals surface area contributed by atoms with Crippen LogP contribution in [0.5, 0.6) is 0 Å². The van der Waals surface area contributed by atoms with E-state index in [2.05, 4.69) is 5.32 Å². The summed E-state index contributed by atoms with van der Waals surface area (Å²) in [6.07, 6.45) is 0.639. The molecule has 1 aliphatic rings. The van der Waals surface area contributed by atoms with Crippen LogP contribution in [0.1, 0.15) is 13.3 Å². The number of rotatable bonds is 2. The lowest BCUT2D eigenvalue weighted by Crippen LogP contribution is -2.47. The largest absolute Gasteiger partial charge is 0.372 e. The van der Waals surface area contributed by atoms with Crippen LogP contribution in [0.2, 0.25) is 10.0 Å². The van der Waals surface area contributed by atoms with E-state index in [0.717, 1.165) is 5.69 Å². The van der Waals surface area contributed by atoms with Crippen LogP contribution < -0.4 is 10.2 Å². The quantitative estimate of drug-likeness (QED) is 0.849. The molecule has 18 heavy (non-hydrogen) atoms. The van der Waals surface area contributed by atoms with Crippen LogP contribution in [0.25, 0.3) is 0 Å². The van der Waals surface area contributed by atoms with Gasteiger partial charge >= 0.3 is 0 Å². The number of nitriles is 1. The van der Waals surface area contributed by atoms with Crippen molar-refractivity contribution in [3.63, 3.8) is 0 Å². The van der Waals surface area contributed by atoms with Gasteiger partial charge in [0, 0.05) is 0 Å². The SMILES string of the molecule is CCC1Nc2cc(Cl)c(Cl)cc2N(CC#N)C1=O. The molecule has 0 fully saturated rings. The summed E-state index contributed by atoms with van der Waals surface area (Å²) in [5, 5.41) is 12.7. The lowest BCUT2D eigenvalue weighted by atomic mass is 10.1. The second-order valence-electron chi connectivity index (χ2n) is 3.97. The summed E-state index contributed by atoms with van der Waals surface area (Å²) in [6.45, 7) is 1.91. The van der Waals surface area contributed by atoms with E-state index >= 15 is 0 Å². The van der Waals surface area contributed by atoms with Gasteiger partial charge in [-0.1, -0.05) is 30.1 Å². The van der Waals surface area contributed by atoms with Gasteiger partial charge in [-0.2, -0.15) is 5.26 Å². The summed E-state index contributed by atoms with van der Waals surface area (Å²) in [6, 6.07) is 4.94. The highest BCUT2D eigenvalue weighted by molar-refractivity contribution is 6.42. The van der Waals surface area contributed by atoms with Crippen LogP contribution >= 0.6 is 23.2 Å². The minimum atomic E-state index is -0.330. The van der Waals surface area contributed by atoms with Crippen molar-refractivity contribution in [2.24, 2.45) is 0 Å². The van der Waals surface area contributed by atoms with E-state index in [-0.39, 0.29) is 18.5 Å². The number of nitrogens with one attached hydrogen (secondary N) is 1. The molecule has 1 aliphatic heterocycles. The molecule has 0 aromatic heterocycles. The maximum absolute atomic E-state index is 12.1. The van der Waals surface area contributed by atoms with Gasteiger partial charge in [0.1, 0.15) is 12.6 Å². The smallest absolute Gasteiger partial charge is 0.250 e. The minimum absolute atomic E-state index is 0.00196. The molecule has 0 spiro atoms. The molecule has 1 atom stereocenters. The molecule has 1 heterocycles. The van der Waals surface area contributed by atoms with Crippen molar-refractivity contribution in [2.75, 3.05) is 16.8 Å². The van der Waals surface area contributed by atoms with E-state index in [1.54, 1.807) is 12.1 Å². The topological polar surface area (TPSA) is 56.1 Å². The van der Waals surface area contributed by atoms with E-state index in [1.807, 2.05) is 13.0 Å². The van der Waals surface area contributed by atoms with Gasteiger partial charge in [0.2, 0.25) is 5.91 Å². The van der Waals surface area contributed by atoms with Crippen LogP contribution in [0.3, 0.4) is 0 Å². The fourth-order valence-corrected chi connectivity index (χ4v) is 2.26. The van der Waals surface area contributed by atoms with Crippen LogP contribution in [-0.4, -0.2) is 18.5 Å². The number of anilines is 2. The number of carbonyl (C=O) groups is 1. The van der Waals surface area contributed by atoms with Gasteiger partial charge in [0.25, 0.3) is 0 Å². The first-order valence-electron chi connectivity index (χ1n) is 5.52. The molecule has 1 aromatic carbocycles. The lowest BCUT2D eigenvalue weighted by molar-refractivity contribution is -0.119. The minimum Gasteiger partial charge on any atom is -0.372 e. The van der Waals surface area contributed by atoms with Gasteiger partial charge < -0.3 is 5.32 Å². The van der Waals surface area contributed by atoms with E-state index in [4.69, 9.17) is 28.5 Å². The van der Waals surface area contributed by atoms with Gasteiger partial charge in [-0.25, -0.2) is 0 Å². The molecule has 0 bridgehead atoms. The first-order chi connectivity index (χ1) is 8.58. The molecule has 1 aromatic rings. The Kier molecular flexibility index (Phi) is 3.65. The normalized spacial score (nSPS) is 18.0. The summed E-state index contributed by atoms with van der Waals surface area (Å²) < 4.78 is 0. The Hall–Kier alpha value is -1.44. The van der Waals surface area contributed by atoms with Crippen molar-refractivity contribution < 1.29 is 4.79 Å². The summed E-state index contributed by atoms with van der Waals surface area (Å²) in [4.78, 5) is 13.6. The molecule has 0 saturated heterocycles. The number of amides is 1. The van der Waals surface area contributed by atoms with Crippen molar-refractivity contribution in [1.29, 1.82) is 5.26 Å². The molecular weight excluding hydrogens is 273 g/mol. The standard InChI is InChI=1S/C12H11Cl2N3O/c1-2-9-12(18)17(4-3-15)11-6-8(14)7(13)5-10(11)16-9/h5-6,9,16H,2,4H2,1H3. The van der Waals surface area contributed by atoms with Gasteiger partial charge in [-0.15, -0.1) is 0 Å². The fraction of sp³-hybridized carbons (Fsp3) is 0.333. The molecule has 0 saturated carbocycles. The van der Waals surface area contributed by atoms with Crippen molar-refractivity contribution in [3.05, 3.63) is 22.2 Å². The summed E-state index contributed by atoms with van der Waals surface area (Å²) >= 11 is 11.9. The van der Waals surface area contributed by atoms with E-state index in [0.29, 0.717) is 22.2 Å². The maximum Gasteiger partial charge on any atom is 0.250 e. The number of fused-ring (bicyclic) bond motifs is 1. The van der Waals surface area contributed by atoms with Gasteiger partial charge in [0.05, 0.1) is 27.5 Å². The zero-order valence-electron chi connectivity index (χ0n) is 9.70. The van der Waals surface area contributed by atoms with Crippen molar-refractivity contribution in [2.45, 2.75) is 19.4 Å². The Bertz CT molecular complexity index is 539. The third-order valence-electron chi connectivity index (χ3n) is 2.86. The summed E-state index contributed by atoms with van der Waals surface area (Å²) in [7, 11) is 0. The first-order valence-corrected chi connectivity index (χ1v) is 6.28. The van der Waals surface area contributed by atoms with E-state index in [1.165, 1.54) is 4.90 Å². The van der Waals surface area contributed by atoms with Crippen molar-refractivity contribution in [1.82, 2.24) is 0 Å². The van der Waals surface area contributed by atoms with Crippen LogP contribution in [0, 0.1) is 11.3 Å². The molecule has 94 valence electrons. The van der Waals surface area contributed by atoms with Gasteiger partial charge in [-0.3, -0.25) is 9.69 Å². The second-order valence-corrected chi connectivity index (χ2v) is 4.79. The number of benzene rings is 1. The zero-order valence-corrected chi connectivity index (χ0v) is 11.2. The molecule has 4 nitrogen and oxygen atoms in total.